The van der Waals surface area contributed by atoms with Crippen LogP contribution in [0.5, 0.6) is 0 Å². The molecule has 4 heteroatoms. The topological polar surface area (TPSA) is 38.0 Å². The Labute approximate surface area is 106 Å². The van der Waals surface area contributed by atoms with Crippen LogP contribution in [0.25, 0.3) is 0 Å². The predicted octanol–water partition coefficient (Wildman–Crippen LogP) is 3.41. The third-order valence-corrected chi connectivity index (χ3v) is 3.64. The van der Waals surface area contributed by atoms with Crippen LogP contribution in [-0.2, 0) is 0 Å². The third kappa shape index (κ3) is 3.58. The Balaban J connectivity index is 1.87. The Hall–Kier alpha value is -0.800. The summed E-state index contributed by atoms with van der Waals surface area (Å²) >= 11 is 5.83. The molecule has 0 saturated heterocycles. The summed E-state index contributed by atoms with van der Waals surface area (Å²) in [4.78, 5) is 0. The summed E-state index contributed by atoms with van der Waals surface area (Å²) in [7, 11) is 0. The highest BCUT2D eigenvalue weighted by Crippen LogP contribution is 2.25. The van der Waals surface area contributed by atoms with E-state index < -0.39 is 0 Å². The first-order chi connectivity index (χ1) is 8.15. The van der Waals surface area contributed by atoms with E-state index in [4.69, 9.17) is 17.3 Å². The van der Waals surface area contributed by atoms with E-state index in [-0.39, 0.29) is 5.82 Å². The minimum absolute atomic E-state index is 0.248. The van der Waals surface area contributed by atoms with Gasteiger partial charge >= 0.3 is 0 Å². The molecular formula is C13H18ClFN2. The second-order valence-corrected chi connectivity index (χ2v) is 5.22. The fourth-order valence-corrected chi connectivity index (χ4v) is 2.45. The van der Waals surface area contributed by atoms with Gasteiger partial charge in [-0.05, 0) is 49.8 Å². The van der Waals surface area contributed by atoms with Crippen molar-refractivity contribution >= 4 is 17.3 Å². The summed E-state index contributed by atoms with van der Waals surface area (Å²) in [5, 5.41) is 3.69. The Kier molecular flexibility index (Phi) is 4.24. The van der Waals surface area contributed by atoms with Crippen LogP contribution in [0.2, 0.25) is 5.02 Å². The molecule has 2 rings (SSSR count). The zero-order chi connectivity index (χ0) is 12.3. The van der Waals surface area contributed by atoms with Gasteiger partial charge in [0.05, 0.1) is 5.69 Å². The van der Waals surface area contributed by atoms with Gasteiger partial charge in [0.2, 0.25) is 0 Å². The fraction of sp³-hybridized carbons (Fsp3) is 0.538. The SMILES string of the molecule is NC1CCC(CNc2cc(Cl)ccc2F)CC1. The molecule has 0 bridgehead atoms. The highest BCUT2D eigenvalue weighted by Gasteiger charge is 2.18. The van der Waals surface area contributed by atoms with Gasteiger partial charge in [-0.15, -0.1) is 0 Å². The van der Waals surface area contributed by atoms with Crippen LogP contribution in [0.4, 0.5) is 10.1 Å². The molecule has 3 N–H and O–H groups in total. The van der Waals surface area contributed by atoms with Gasteiger partial charge in [-0.3, -0.25) is 0 Å². The molecule has 1 aromatic carbocycles. The van der Waals surface area contributed by atoms with Crippen LogP contribution in [0.3, 0.4) is 0 Å². The average Bonchev–Trinajstić information content (AvgIpc) is 2.32. The van der Waals surface area contributed by atoms with Crippen LogP contribution in [0, 0.1) is 11.7 Å². The van der Waals surface area contributed by atoms with Gasteiger partial charge in [-0.2, -0.15) is 0 Å². The molecule has 94 valence electrons. The summed E-state index contributed by atoms with van der Waals surface area (Å²) in [5.74, 6) is 0.343. The van der Waals surface area contributed by atoms with Crippen LogP contribution < -0.4 is 11.1 Å². The molecule has 1 aliphatic carbocycles. The number of halogens is 2. The van der Waals surface area contributed by atoms with E-state index in [2.05, 4.69) is 5.32 Å². The molecule has 0 unspecified atom stereocenters. The van der Waals surface area contributed by atoms with Crippen molar-refractivity contribution in [2.45, 2.75) is 31.7 Å². The first-order valence-corrected chi connectivity index (χ1v) is 6.47. The van der Waals surface area contributed by atoms with Crippen LogP contribution in [-0.4, -0.2) is 12.6 Å². The summed E-state index contributed by atoms with van der Waals surface area (Å²) in [6.45, 7) is 0.796. The fourth-order valence-electron chi connectivity index (χ4n) is 2.28. The van der Waals surface area contributed by atoms with E-state index >= 15 is 0 Å². The van der Waals surface area contributed by atoms with E-state index in [1.165, 1.54) is 6.07 Å². The number of hydrogen-bond acceptors (Lipinski definition) is 2. The maximum atomic E-state index is 13.4. The van der Waals surface area contributed by atoms with Crippen molar-refractivity contribution in [1.82, 2.24) is 0 Å². The molecule has 0 radical (unpaired) electrons. The molecule has 0 atom stereocenters. The largest absolute Gasteiger partial charge is 0.382 e. The molecule has 1 aromatic rings. The second-order valence-electron chi connectivity index (χ2n) is 4.79. The maximum absolute atomic E-state index is 13.4. The van der Waals surface area contributed by atoms with Crippen molar-refractivity contribution in [2.24, 2.45) is 11.7 Å². The van der Waals surface area contributed by atoms with Gasteiger partial charge in [0.25, 0.3) is 0 Å². The van der Waals surface area contributed by atoms with E-state index in [1.54, 1.807) is 12.1 Å². The van der Waals surface area contributed by atoms with E-state index in [0.29, 0.717) is 22.7 Å². The quantitative estimate of drug-likeness (QED) is 0.870. The smallest absolute Gasteiger partial charge is 0.146 e. The van der Waals surface area contributed by atoms with Crippen molar-refractivity contribution < 1.29 is 4.39 Å². The Morgan fingerprint density at radius 1 is 1.29 bits per heavy atom. The molecule has 1 fully saturated rings. The standard InChI is InChI=1S/C13H18ClFN2/c14-10-3-6-12(15)13(7-10)17-8-9-1-4-11(16)5-2-9/h3,6-7,9,11,17H,1-2,4-5,8,16H2. The summed E-state index contributed by atoms with van der Waals surface area (Å²) < 4.78 is 13.4. The minimum atomic E-state index is -0.248. The molecule has 0 aliphatic heterocycles. The van der Waals surface area contributed by atoms with Crippen molar-refractivity contribution in [2.75, 3.05) is 11.9 Å². The van der Waals surface area contributed by atoms with Crippen molar-refractivity contribution in [1.29, 1.82) is 0 Å². The predicted molar refractivity (Wildman–Crippen MR) is 69.8 cm³/mol. The molecular weight excluding hydrogens is 239 g/mol. The van der Waals surface area contributed by atoms with Crippen LogP contribution in [0.1, 0.15) is 25.7 Å². The lowest BCUT2D eigenvalue weighted by Gasteiger charge is -2.26. The minimum Gasteiger partial charge on any atom is -0.382 e. The lowest BCUT2D eigenvalue weighted by atomic mass is 9.86. The Morgan fingerprint density at radius 3 is 2.71 bits per heavy atom. The van der Waals surface area contributed by atoms with E-state index in [9.17, 15) is 4.39 Å². The number of nitrogens with one attached hydrogen (secondary N) is 1. The lowest BCUT2D eigenvalue weighted by Crippen LogP contribution is -2.29. The molecule has 0 aromatic heterocycles. The first-order valence-electron chi connectivity index (χ1n) is 6.09. The molecule has 17 heavy (non-hydrogen) atoms. The summed E-state index contributed by atoms with van der Waals surface area (Å²) in [6, 6.07) is 4.93. The monoisotopic (exact) mass is 256 g/mol. The molecule has 2 nitrogen and oxygen atoms in total. The second kappa shape index (κ2) is 5.69. The molecule has 0 amide bonds. The molecule has 1 saturated carbocycles. The number of nitrogens with two attached hydrogens (primary N) is 1. The lowest BCUT2D eigenvalue weighted by molar-refractivity contribution is 0.338. The highest BCUT2D eigenvalue weighted by atomic mass is 35.5. The number of hydrogen-bond donors (Lipinski definition) is 2. The first kappa shape index (κ1) is 12.7. The van der Waals surface area contributed by atoms with E-state index in [1.807, 2.05) is 0 Å². The average molecular weight is 257 g/mol. The van der Waals surface area contributed by atoms with Gasteiger partial charge < -0.3 is 11.1 Å². The van der Waals surface area contributed by atoms with Gasteiger partial charge in [0, 0.05) is 17.6 Å². The Bertz CT molecular complexity index is 376. The highest BCUT2D eigenvalue weighted by molar-refractivity contribution is 6.30. The zero-order valence-corrected chi connectivity index (χ0v) is 10.5. The van der Waals surface area contributed by atoms with Crippen molar-refractivity contribution in [3.8, 4) is 0 Å². The van der Waals surface area contributed by atoms with Crippen molar-refractivity contribution in [3.63, 3.8) is 0 Å². The Morgan fingerprint density at radius 2 is 2.00 bits per heavy atom. The number of benzene rings is 1. The summed E-state index contributed by atoms with van der Waals surface area (Å²) in [5.41, 5.74) is 6.34. The van der Waals surface area contributed by atoms with Crippen LogP contribution in [0.15, 0.2) is 18.2 Å². The number of rotatable bonds is 3. The zero-order valence-electron chi connectivity index (χ0n) is 9.76. The number of anilines is 1. The summed E-state index contributed by atoms with van der Waals surface area (Å²) in [6.07, 6.45) is 4.39. The molecule has 0 heterocycles. The molecule has 0 spiro atoms. The van der Waals surface area contributed by atoms with Gasteiger partial charge in [0.15, 0.2) is 0 Å². The van der Waals surface area contributed by atoms with Gasteiger partial charge in [-0.25, -0.2) is 4.39 Å². The van der Waals surface area contributed by atoms with Crippen molar-refractivity contribution in [3.05, 3.63) is 29.0 Å². The van der Waals surface area contributed by atoms with Gasteiger partial charge in [0.1, 0.15) is 5.82 Å². The van der Waals surface area contributed by atoms with E-state index in [0.717, 1.165) is 32.2 Å². The third-order valence-electron chi connectivity index (χ3n) is 3.40. The maximum Gasteiger partial charge on any atom is 0.146 e. The normalized spacial score (nSPS) is 24.6. The van der Waals surface area contributed by atoms with Gasteiger partial charge in [-0.1, -0.05) is 11.6 Å². The van der Waals surface area contributed by atoms with Crippen LogP contribution >= 0.6 is 11.6 Å². The molecule has 1 aliphatic rings.